The summed E-state index contributed by atoms with van der Waals surface area (Å²) in [5, 5.41) is 0. The van der Waals surface area contributed by atoms with E-state index < -0.39 is 0 Å². The van der Waals surface area contributed by atoms with Crippen LogP contribution in [0.1, 0.15) is 16.8 Å². The molecule has 1 heterocycles. The molecule has 1 aromatic rings. The van der Waals surface area contributed by atoms with Gasteiger partial charge in [0.15, 0.2) is 0 Å². The van der Waals surface area contributed by atoms with Crippen molar-refractivity contribution >= 4 is 30.1 Å². The van der Waals surface area contributed by atoms with Crippen LogP contribution in [0.3, 0.4) is 0 Å². The van der Waals surface area contributed by atoms with E-state index in [9.17, 15) is 4.79 Å². The summed E-state index contributed by atoms with van der Waals surface area (Å²) in [6.07, 6.45) is 1.17. The number of methoxy groups -OCH3 is 1. The molecule has 0 radical (unpaired) electrons. The van der Waals surface area contributed by atoms with Crippen molar-refractivity contribution in [2.24, 2.45) is 0 Å². The van der Waals surface area contributed by atoms with Gasteiger partial charge in [-0.3, -0.25) is 4.90 Å². The molecule has 1 aliphatic heterocycles. The number of thioether (sulfide) groups is 1. The molecular weight excluding hydrogens is 310 g/mol. The summed E-state index contributed by atoms with van der Waals surface area (Å²) in [6.45, 7) is 4.97. The molecule has 1 saturated heterocycles. The van der Waals surface area contributed by atoms with Crippen molar-refractivity contribution in [3.05, 3.63) is 29.8 Å². The summed E-state index contributed by atoms with van der Waals surface area (Å²) in [5.74, 6) is 0.809. The van der Waals surface area contributed by atoms with Crippen LogP contribution in [-0.2, 0) is 9.47 Å². The van der Waals surface area contributed by atoms with E-state index in [1.165, 1.54) is 18.4 Å². The average molecular weight is 332 g/mol. The molecular formula is C15H22ClNO3S. The van der Waals surface area contributed by atoms with Gasteiger partial charge in [0.2, 0.25) is 0 Å². The first-order valence-corrected chi connectivity index (χ1v) is 7.89. The molecule has 0 saturated carbocycles. The van der Waals surface area contributed by atoms with Crippen molar-refractivity contribution in [3.8, 4) is 0 Å². The first-order chi connectivity index (χ1) is 9.79. The molecule has 0 aromatic heterocycles. The van der Waals surface area contributed by atoms with Crippen LogP contribution in [0, 0.1) is 0 Å². The highest BCUT2D eigenvalue weighted by Gasteiger charge is 2.09. The van der Waals surface area contributed by atoms with Crippen LogP contribution in [-0.4, -0.2) is 56.6 Å². The van der Waals surface area contributed by atoms with E-state index in [4.69, 9.17) is 4.74 Å². The fourth-order valence-electron chi connectivity index (χ4n) is 2.11. The maximum atomic E-state index is 11.3. The first kappa shape index (κ1) is 18.3. The topological polar surface area (TPSA) is 38.8 Å². The van der Waals surface area contributed by atoms with Gasteiger partial charge in [0.25, 0.3) is 0 Å². The Morgan fingerprint density at radius 1 is 1.29 bits per heavy atom. The van der Waals surface area contributed by atoms with E-state index in [0.29, 0.717) is 5.56 Å². The van der Waals surface area contributed by atoms with E-state index in [-0.39, 0.29) is 18.4 Å². The predicted octanol–water partition coefficient (Wildman–Crippen LogP) is 2.71. The van der Waals surface area contributed by atoms with Gasteiger partial charge in [0.1, 0.15) is 0 Å². The second kappa shape index (κ2) is 10.1. The minimum atomic E-state index is -0.283. The standard InChI is InChI=1S/C15H21NO3S.ClH/c1-18-15(17)13-3-5-14(6-4-13)20-12-2-7-16-8-10-19-11-9-16;/h3-6H,2,7-12H2,1H3;1H. The van der Waals surface area contributed by atoms with Crippen molar-refractivity contribution in [3.63, 3.8) is 0 Å². The Morgan fingerprint density at radius 2 is 1.95 bits per heavy atom. The van der Waals surface area contributed by atoms with E-state index >= 15 is 0 Å². The van der Waals surface area contributed by atoms with Gasteiger partial charge in [-0.05, 0) is 43.0 Å². The summed E-state index contributed by atoms with van der Waals surface area (Å²) in [6, 6.07) is 7.59. The Balaban J connectivity index is 0.00000220. The van der Waals surface area contributed by atoms with Crippen LogP contribution in [0.4, 0.5) is 0 Å². The lowest BCUT2D eigenvalue weighted by atomic mass is 10.2. The molecule has 0 spiro atoms. The van der Waals surface area contributed by atoms with Crippen LogP contribution in [0.5, 0.6) is 0 Å². The van der Waals surface area contributed by atoms with Gasteiger partial charge in [0.05, 0.1) is 25.9 Å². The van der Waals surface area contributed by atoms with Gasteiger partial charge in [-0.25, -0.2) is 4.79 Å². The fourth-order valence-corrected chi connectivity index (χ4v) is 2.95. The van der Waals surface area contributed by atoms with Gasteiger partial charge < -0.3 is 9.47 Å². The number of benzene rings is 1. The molecule has 21 heavy (non-hydrogen) atoms. The number of rotatable bonds is 6. The van der Waals surface area contributed by atoms with Crippen molar-refractivity contribution in [1.82, 2.24) is 4.90 Å². The molecule has 2 rings (SSSR count). The summed E-state index contributed by atoms with van der Waals surface area (Å²) >= 11 is 1.83. The number of ether oxygens (including phenoxy) is 2. The van der Waals surface area contributed by atoms with E-state index in [2.05, 4.69) is 9.64 Å². The largest absolute Gasteiger partial charge is 0.465 e. The average Bonchev–Trinajstić information content (AvgIpc) is 2.52. The van der Waals surface area contributed by atoms with Crippen molar-refractivity contribution < 1.29 is 14.3 Å². The predicted molar refractivity (Wildman–Crippen MR) is 87.6 cm³/mol. The Kier molecular flexibility index (Phi) is 8.76. The number of carbonyl (C=O) groups excluding carboxylic acids is 1. The number of halogens is 1. The SMILES string of the molecule is COC(=O)c1ccc(SCCCN2CCOCC2)cc1.Cl. The Hall–Kier alpha value is -0.750. The summed E-state index contributed by atoms with van der Waals surface area (Å²) in [5.41, 5.74) is 0.602. The van der Waals surface area contributed by atoms with E-state index in [1.54, 1.807) is 0 Å². The lowest BCUT2D eigenvalue weighted by molar-refractivity contribution is 0.0381. The highest BCUT2D eigenvalue weighted by molar-refractivity contribution is 7.99. The number of hydrogen-bond acceptors (Lipinski definition) is 5. The summed E-state index contributed by atoms with van der Waals surface area (Å²) in [4.78, 5) is 15.0. The highest BCUT2D eigenvalue weighted by atomic mass is 35.5. The zero-order chi connectivity index (χ0) is 14.2. The van der Waals surface area contributed by atoms with Gasteiger partial charge in [-0.2, -0.15) is 0 Å². The smallest absolute Gasteiger partial charge is 0.337 e. The molecule has 1 aromatic carbocycles. The number of nitrogens with zero attached hydrogens (tertiary/aromatic N) is 1. The maximum Gasteiger partial charge on any atom is 0.337 e. The molecule has 0 N–H and O–H groups in total. The van der Waals surface area contributed by atoms with E-state index in [0.717, 1.165) is 38.6 Å². The lowest BCUT2D eigenvalue weighted by Gasteiger charge is -2.26. The Labute approximate surface area is 136 Å². The molecule has 0 bridgehead atoms. The molecule has 4 nitrogen and oxygen atoms in total. The van der Waals surface area contributed by atoms with Crippen molar-refractivity contribution in [2.75, 3.05) is 45.7 Å². The third-order valence-electron chi connectivity index (χ3n) is 3.27. The summed E-state index contributed by atoms with van der Waals surface area (Å²) < 4.78 is 10.0. The number of esters is 1. The number of hydrogen-bond donors (Lipinski definition) is 0. The maximum absolute atomic E-state index is 11.3. The van der Waals surface area contributed by atoms with Crippen LogP contribution in [0.25, 0.3) is 0 Å². The monoisotopic (exact) mass is 331 g/mol. The van der Waals surface area contributed by atoms with Crippen molar-refractivity contribution in [1.29, 1.82) is 0 Å². The van der Waals surface area contributed by atoms with Crippen molar-refractivity contribution in [2.45, 2.75) is 11.3 Å². The second-order valence-electron chi connectivity index (χ2n) is 4.67. The molecule has 0 aliphatic carbocycles. The number of carbonyl (C=O) groups is 1. The van der Waals surface area contributed by atoms with Crippen LogP contribution in [0.2, 0.25) is 0 Å². The third kappa shape index (κ3) is 6.26. The minimum absolute atomic E-state index is 0. The molecule has 0 atom stereocenters. The third-order valence-corrected chi connectivity index (χ3v) is 4.36. The Bertz CT molecular complexity index is 421. The first-order valence-electron chi connectivity index (χ1n) is 6.91. The fraction of sp³-hybridized carbons (Fsp3) is 0.533. The molecule has 1 fully saturated rings. The van der Waals surface area contributed by atoms with Gasteiger partial charge in [-0.15, -0.1) is 24.2 Å². The van der Waals surface area contributed by atoms with E-state index in [1.807, 2.05) is 36.0 Å². The molecule has 118 valence electrons. The normalized spacial score (nSPS) is 15.3. The zero-order valence-electron chi connectivity index (χ0n) is 12.2. The zero-order valence-corrected chi connectivity index (χ0v) is 13.9. The van der Waals surface area contributed by atoms with Gasteiger partial charge >= 0.3 is 5.97 Å². The Morgan fingerprint density at radius 3 is 2.57 bits per heavy atom. The van der Waals surface area contributed by atoms with Crippen LogP contribution < -0.4 is 0 Å². The molecule has 1 aliphatic rings. The quantitative estimate of drug-likeness (QED) is 0.455. The van der Waals surface area contributed by atoms with Gasteiger partial charge in [0, 0.05) is 18.0 Å². The number of morpholine rings is 1. The summed E-state index contributed by atoms with van der Waals surface area (Å²) in [7, 11) is 1.40. The molecule has 6 heteroatoms. The molecule has 0 unspecified atom stereocenters. The molecule has 0 amide bonds. The lowest BCUT2D eigenvalue weighted by Crippen LogP contribution is -2.36. The van der Waals surface area contributed by atoms with Gasteiger partial charge in [-0.1, -0.05) is 0 Å². The van der Waals surface area contributed by atoms with Crippen LogP contribution in [0.15, 0.2) is 29.2 Å². The highest BCUT2D eigenvalue weighted by Crippen LogP contribution is 2.19. The van der Waals surface area contributed by atoms with Crippen LogP contribution >= 0.6 is 24.2 Å². The second-order valence-corrected chi connectivity index (χ2v) is 5.84. The minimum Gasteiger partial charge on any atom is -0.465 e.